The van der Waals surface area contributed by atoms with Gasteiger partial charge in [-0.05, 0) is 42.7 Å². The molecule has 1 N–H and O–H groups in total. The SMILES string of the molecule is O=C(O)Cc1ccc(OCCCCc2cc(-c3ccc(C(F)(F)F)cc3)no2)cc1. The highest BCUT2D eigenvalue weighted by molar-refractivity contribution is 5.70. The molecule has 8 heteroatoms. The summed E-state index contributed by atoms with van der Waals surface area (Å²) in [5.41, 5.74) is 1.07. The lowest BCUT2D eigenvalue weighted by Crippen LogP contribution is -2.03. The van der Waals surface area contributed by atoms with E-state index in [1.54, 1.807) is 30.3 Å². The Morgan fingerprint density at radius 3 is 2.37 bits per heavy atom. The molecule has 0 saturated carbocycles. The minimum absolute atomic E-state index is 0.0219. The van der Waals surface area contributed by atoms with Crippen molar-refractivity contribution in [3.8, 4) is 17.0 Å². The fourth-order valence-electron chi connectivity index (χ4n) is 2.87. The van der Waals surface area contributed by atoms with Crippen LogP contribution in [0.25, 0.3) is 11.3 Å². The normalized spacial score (nSPS) is 11.4. The number of hydrogen-bond donors (Lipinski definition) is 1. The first-order chi connectivity index (χ1) is 14.3. The van der Waals surface area contributed by atoms with Gasteiger partial charge in [0.05, 0.1) is 18.6 Å². The van der Waals surface area contributed by atoms with E-state index in [1.165, 1.54) is 12.1 Å². The molecule has 0 saturated heterocycles. The topological polar surface area (TPSA) is 72.6 Å². The number of hydrogen-bond acceptors (Lipinski definition) is 4. The van der Waals surface area contributed by atoms with E-state index in [9.17, 15) is 18.0 Å². The Hall–Kier alpha value is -3.29. The molecule has 30 heavy (non-hydrogen) atoms. The first kappa shape index (κ1) is 21.4. The second-order valence-electron chi connectivity index (χ2n) is 6.77. The molecule has 3 aromatic rings. The van der Waals surface area contributed by atoms with Crippen LogP contribution in [0.5, 0.6) is 5.75 Å². The van der Waals surface area contributed by atoms with Crippen LogP contribution in [-0.4, -0.2) is 22.8 Å². The van der Waals surface area contributed by atoms with Gasteiger partial charge in [0.2, 0.25) is 0 Å². The lowest BCUT2D eigenvalue weighted by atomic mass is 10.1. The minimum Gasteiger partial charge on any atom is -0.494 e. The molecule has 2 aromatic carbocycles. The molecule has 3 rings (SSSR count). The Labute approximate surface area is 171 Å². The fourth-order valence-corrected chi connectivity index (χ4v) is 2.87. The first-order valence-corrected chi connectivity index (χ1v) is 9.38. The third kappa shape index (κ3) is 6.10. The largest absolute Gasteiger partial charge is 0.494 e. The monoisotopic (exact) mass is 419 g/mol. The molecule has 0 aliphatic heterocycles. The van der Waals surface area contributed by atoms with Crippen molar-refractivity contribution in [3.05, 3.63) is 71.5 Å². The van der Waals surface area contributed by atoms with Crippen molar-refractivity contribution in [1.29, 1.82) is 0 Å². The number of halogens is 3. The highest BCUT2D eigenvalue weighted by Gasteiger charge is 2.30. The first-order valence-electron chi connectivity index (χ1n) is 9.38. The van der Waals surface area contributed by atoms with E-state index in [2.05, 4.69) is 5.16 Å². The number of aryl methyl sites for hydroxylation is 1. The van der Waals surface area contributed by atoms with Gasteiger partial charge in [-0.25, -0.2) is 0 Å². The van der Waals surface area contributed by atoms with Gasteiger partial charge < -0.3 is 14.4 Å². The van der Waals surface area contributed by atoms with E-state index >= 15 is 0 Å². The third-order valence-electron chi connectivity index (χ3n) is 4.43. The smallest absolute Gasteiger partial charge is 0.416 e. The van der Waals surface area contributed by atoms with Gasteiger partial charge >= 0.3 is 12.1 Å². The van der Waals surface area contributed by atoms with Crippen LogP contribution >= 0.6 is 0 Å². The highest BCUT2D eigenvalue weighted by Crippen LogP contribution is 2.31. The summed E-state index contributed by atoms with van der Waals surface area (Å²) in [7, 11) is 0. The van der Waals surface area contributed by atoms with Crippen LogP contribution in [0.3, 0.4) is 0 Å². The average Bonchev–Trinajstić information content (AvgIpc) is 3.17. The molecule has 158 valence electrons. The number of ether oxygens (including phenoxy) is 1. The molecule has 0 aliphatic carbocycles. The van der Waals surface area contributed by atoms with Crippen LogP contribution in [0.4, 0.5) is 13.2 Å². The van der Waals surface area contributed by atoms with Gasteiger partial charge in [0.15, 0.2) is 0 Å². The molecule has 5 nitrogen and oxygen atoms in total. The van der Waals surface area contributed by atoms with Crippen molar-refractivity contribution in [2.45, 2.75) is 31.9 Å². The highest BCUT2D eigenvalue weighted by atomic mass is 19.4. The Morgan fingerprint density at radius 2 is 1.73 bits per heavy atom. The van der Waals surface area contributed by atoms with Crippen molar-refractivity contribution in [3.63, 3.8) is 0 Å². The molecule has 1 heterocycles. The van der Waals surface area contributed by atoms with E-state index in [0.717, 1.165) is 25.0 Å². The summed E-state index contributed by atoms with van der Waals surface area (Å²) >= 11 is 0. The molecule has 0 unspecified atom stereocenters. The van der Waals surface area contributed by atoms with E-state index in [-0.39, 0.29) is 6.42 Å². The van der Waals surface area contributed by atoms with Crippen LogP contribution < -0.4 is 4.74 Å². The molecular weight excluding hydrogens is 399 g/mol. The summed E-state index contributed by atoms with van der Waals surface area (Å²) < 4.78 is 48.8. The third-order valence-corrected chi connectivity index (χ3v) is 4.43. The summed E-state index contributed by atoms with van der Waals surface area (Å²) in [6.07, 6.45) is -2.19. The predicted octanol–water partition coefficient (Wildman–Crippen LogP) is 5.39. The number of aromatic nitrogens is 1. The number of carboxylic acid groups (broad SMARTS) is 1. The maximum Gasteiger partial charge on any atom is 0.416 e. The van der Waals surface area contributed by atoms with Crippen LogP contribution in [0.15, 0.2) is 59.1 Å². The Morgan fingerprint density at radius 1 is 1.03 bits per heavy atom. The average molecular weight is 419 g/mol. The maximum atomic E-state index is 12.6. The minimum atomic E-state index is -4.36. The van der Waals surface area contributed by atoms with Crippen molar-refractivity contribution in [1.82, 2.24) is 5.16 Å². The molecule has 0 radical (unpaired) electrons. The summed E-state index contributed by atoms with van der Waals surface area (Å²) in [4.78, 5) is 10.7. The lowest BCUT2D eigenvalue weighted by molar-refractivity contribution is -0.138. The number of nitrogens with zero attached hydrogens (tertiary/aromatic N) is 1. The number of benzene rings is 2. The molecule has 0 spiro atoms. The van der Waals surface area contributed by atoms with Gasteiger partial charge in [-0.15, -0.1) is 0 Å². The molecule has 0 aliphatic rings. The van der Waals surface area contributed by atoms with E-state index in [1.807, 2.05) is 0 Å². The molecule has 0 atom stereocenters. The molecular formula is C22H20F3NO4. The van der Waals surface area contributed by atoms with Crippen LogP contribution in [0, 0.1) is 0 Å². The number of alkyl halides is 3. The van der Waals surface area contributed by atoms with E-state index < -0.39 is 17.7 Å². The quantitative estimate of drug-likeness (QED) is 0.471. The summed E-state index contributed by atoms with van der Waals surface area (Å²) in [5, 5.41) is 12.7. The number of aliphatic carboxylic acids is 1. The molecule has 1 aromatic heterocycles. The number of carbonyl (C=O) groups is 1. The van der Waals surface area contributed by atoms with Gasteiger partial charge in [0.1, 0.15) is 17.2 Å². The van der Waals surface area contributed by atoms with Gasteiger partial charge in [0.25, 0.3) is 0 Å². The number of unbranched alkanes of at least 4 members (excludes halogenated alkanes) is 1. The Kier molecular flexibility index (Phi) is 6.76. The zero-order valence-corrected chi connectivity index (χ0v) is 16.0. The van der Waals surface area contributed by atoms with Crippen molar-refractivity contribution < 1.29 is 32.3 Å². The van der Waals surface area contributed by atoms with Gasteiger partial charge in [-0.1, -0.05) is 29.4 Å². The lowest BCUT2D eigenvalue weighted by Gasteiger charge is -2.06. The van der Waals surface area contributed by atoms with Crippen molar-refractivity contribution in [2.75, 3.05) is 6.61 Å². The summed E-state index contributed by atoms with van der Waals surface area (Å²) in [6, 6.07) is 13.5. The fraction of sp³-hybridized carbons (Fsp3) is 0.273. The summed E-state index contributed by atoms with van der Waals surface area (Å²) in [6.45, 7) is 0.498. The van der Waals surface area contributed by atoms with Crippen LogP contribution in [0.1, 0.15) is 29.7 Å². The number of carboxylic acids is 1. The van der Waals surface area contributed by atoms with E-state index in [4.69, 9.17) is 14.4 Å². The summed E-state index contributed by atoms with van der Waals surface area (Å²) in [5.74, 6) is 0.453. The Balaban J connectivity index is 1.42. The van der Waals surface area contributed by atoms with Crippen molar-refractivity contribution in [2.24, 2.45) is 0 Å². The van der Waals surface area contributed by atoms with Gasteiger partial charge in [0, 0.05) is 18.1 Å². The molecule has 0 fully saturated rings. The zero-order valence-electron chi connectivity index (χ0n) is 16.0. The standard InChI is InChI=1S/C22H20F3NO4/c23-22(24,25)17-8-6-16(7-9-17)20-14-19(30-26-20)3-1-2-12-29-18-10-4-15(5-11-18)13-21(27)28/h4-11,14H,1-3,12-13H2,(H,27,28). The van der Waals surface area contributed by atoms with Crippen LogP contribution in [-0.2, 0) is 23.8 Å². The maximum absolute atomic E-state index is 12.6. The van der Waals surface area contributed by atoms with Gasteiger partial charge in [-0.2, -0.15) is 13.2 Å². The second kappa shape index (κ2) is 9.47. The predicted molar refractivity (Wildman–Crippen MR) is 103 cm³/mol. The number of rotatable bonds is 9. The molecule has 0 bridgehead atoms. The second-order valence-corrected chi connectivity index (χ2v) is 6.77. The van der Waals surface area contributed by atoms with E-state index in [0.29, 0.717) is 41.4 Å². The van der Waals surface area contributed by atoms with Crippen LogP contribution in [0.2, 0.25) is 0 Å². The zero-order chi connectivity index (χ0) is 21.6. The Bertz CT molecular complexity index is 963. The molecule has 0 amide bonds. The van der Waals surface area contributed by atoms with Crippen molar-refractivity contribution >= 4 is 5.97 Å². The van der Waals surface area contributed by atoms with Gasteiger partial charge in [-0.3, -0.25) is 4.79 Å².